The van der Waals surface area contributed by atoms with Gasteiger partial charge in [0.1, 0.15) is 17.7 Å². The number of benzene rings is 1. The molecule has 0 aliphatic heterocycles. The summed E-state index contributed by atoms with van der Waals surface area (Å²) in [6.45, 7) is 1.67. The zero-order valence-electron chi connectivity index (χ0n) is 14.7. The summed E-state index contributed by atoms with van der Waals surface area (Å²) in [5.74, 6) is -0.321. The lowest BCUT2D eigenvalue weighted by molar-refractivity contribution is -0.137. The Hall–Kier alpha value is -2.84. The third-order valence-corrected chi connectivity index (χ3v) is 4.28. The minimum Gasteiger partial charge on any atom is -0.352 e. The maximum absolute atomic E-state index is 13.1. The summed E-state index contributed by atoms with van der Waals surface area (Å²) in [4.78, 5) is 26.3. The van der Waals surface area contributed by atoms with Gasteiger partial charge in [0, 0.05) is 19.5 Å². The van der Waals surface area contributed by atoms with Crippen molar-refractivity contribution >= 4 is 11.8 Å². The van der Waals surface area contributed by atoms with E-state index < -0.39 is 6.04 Å². The number of amides is 2. The van der Waals surface area contributed by atoms with Crippen LogP contribution in [0, 0.1) is 12.7 Å². The molecule has 0 radical (unpaired) electrons. The molecule has 1 aliphatic rings. The predicted molar refractivity (Wildman–Crippen MR) is 90.5 cm³/mol. The van der Waals surface area contributed by atoms with Crippen LogP contribution >= 0.6 is 0 Å². The van der Waals surface area contributed by atoms with E-state index in [1.54, 1.807) is 26.1 Å². The number of halogens is 1. The van der Waals surface area contributed by atoms with E-state index in [0.717, 1.165) is 18.4 Å². The number of nitrogens with zero attached hydrogens (tertiary/aromatic N) is 5. The number of nitrogens with one attached hydrogen (secondary N) is 1. The number of carbonyl (C=O) groups is 2. The maximum atomic E-state index is 13.1. The fraction of sp³-hybridized carbons (Fsp3) is 0.471. The topological polar surface area (TPSA) is 93.0 Å². The maximum Gasteiger partial charge on any atom is 0.248 e. The van der Waals surface area contributed by atoms with Crippen LogP contribution in [0.1, 0.15) is 30.3 Å². The van der Waals surface area contributed by atoms with Gasteiger partial charge in [-0.2, -0.15) is 0 Å². The van der Waals surface area contributed by atoms with E-state index in [0.29, 0.717) is 12.2 Å². The van der Waals surface area contributed by atoms with E-state index in [1.807, 2.05) is 0 Å². The highest BCUT2D eigenvalue weighted by atomic mass is 19.1. The Morgan fingerprint density at radius 3 is 2.62 bits per heavy atom. The molecule has 1 fully saturated rings. The summed E-state index contributed by atoms with van der Waals surface area (Å²) in [5, 5.41) is 14.2. The van der Waals surface area contributed by atoms with Crippen LogP contribution in [-0.4, -0.2) is 56.6 Å². The van der Waals surface area contributed by atoms with Crippen LogP contribution in [0.5, 0.6) is 0 Å². The SMILES string of the molecule is Cc1nnnn1[C@H](Cc1ccc(F)cc1)C(=O)N(C)CC(=O)NC1CC1. The Morgan fingerprint density at radius 2 is 2.04 bits per heavy atom. The Balaban J connectivity index is 1.75. The number of tetrazole rings is 1. The van der Waals surface area contributed by atoms with E-state index in [9.17, 15) is 14.0 Å². The standard InChI is InChI=1S/C17H21FN6O2/c1-11-20-21-22-24(11)15(9-12-3-5-13(18)6-4-12)17(26)23(2)10-16(25)19-14-7-8-14/h3-6,14-15H,7-10H2,1-2H3,(H,19,25)/t15-/m1/s1. The zero-order chi connectivity index (χ0) is 18.7. The molecular formula is C17H21FN6O2. The molecule has 9 heteroatoms. The smallest absolute Gasteiger partial charge is 0.248 e. The fourth-order valence-corrected chi connectivity index (χ4v) is 2.70. The van der Waals surface area contributed by atoms with Crippen LogP contribution < -0.4 is 5.32 Å². The van der Waals surface area contributed by atoms with E-state index in [-0.39, 0.29) is 30.2 Å². The van der Waals surface area contributed by atoms with E-state index in [1.165, 1.54) is 21.7 Å². The second-order valence-corrected chi connectivity index (χ2v) is 6.55. The molecule has 26 heavy (non-hydrogen) atoms. The van der Waals surface area contributed by atoms with Crippen LogP contribution in [-0.2, 0) is 16.0 Å². The first-order chi connectivity index (χ1) is 12.4. The molecular weight excluding hydrogens is 339 g/mol. The van der Waals surface area contributed by atoms with Crippen molar-refractivity contribution in [2.45, 2.75) is 38.3 Å². The lowest BCUT2D eigenvalue weighted by atomic mass is 10.0. The minimum atomic E-state index is -0.714. The highest BCUT2D eigenvalue weighted by Crippen LogP contribution is 2.19. The largest absolute Gasteiger partial charge is 0.352 e. The van der Waals surface area contributed by atoms with Crippen LogP contribution in [0.4, 0.5) is 4.39 Å². The van der Waals surface area contributed by atoms with Gasteiger partial charge in [-0.1, -0.05) is 12.1 Å². The molecule has 0 unspecified atom stereocenters. The van der Waals surface area contributed by atoms with Crippen molar-refractivity contribution in [2.75, 3.05) is 13.6 Å². The summed E-state index contributed by atoms with van der Waals surface area (Å²) in [6, 6.07) is 5.45. The molecule has 1 aromatic carbocycles. The van der Waals surface area contributed by atoms with Crippen molar-refractivity contribution in [3.63, 3.8) is 0 Å². The predicted octanol–water partition coefficient (Wildman–Crippen LogP) is 0.641. The molecule has 1 N–H and O–H groups in total. The van der Waals surface area contributed by atoms with Crippen molar-refractivity contribution in [3.05, 3.63) is 41.5 Å². The van der Waals surface area contributed by atoms with E-state index >= 15 is 0 Å². The van der Waals surface area contributed by atoms with Gasteiger partial charge in [-0.3, -0.25) is 9.59 Å². The minimum absolute atomic E-state index is 0.0313. The Bertz CT molecular complexity index is 787. The molecule has 3 rings (SSSR count). The second kappa shape index (κ2) is 7.59. The number of hydrogen-bond donors (Lipinski definition) is 1. The lowest BCUT2D eigenvalue weighted by Crippen LogP contribution is -2.43. The quantitative estimate of drug-likeness (QED) is 0.782. The molecule has 2 aromatic rings. The van der Waals surface area contributed by atoms with Crippen LogP contribution in [0.2, 0.25) is 0 Å². The molecule has 1 aromatic heterocycles. The number of likely N-dealkylation sites (N-methyl/N-ethyl adjacent to an activating group) is 1. The van der Waals surface area contributed by atoms with E-state index in [4.69, 9.17) is 0 Å². The van der Waals surface area contributed by atoms with Crippen LogP contribution in [0.25, 0.3) is 0 Å². The van der Waals surface area contributed by atoms with Crippen molar-refractivity contribution in [2.24, 2.45) is 0 Å². The summed E-state index contributed by atoms with van der Waals surface area (Å²) in [5.41, 5.74) is 0.774. The summed E-state index contributed by atoms with van der Waals surface area (Å²) in [7, 11) is 1.58. The van der Waals surface area contributed by atoms with Gasteiger partial charge >= 0.3 is 0 Å². The molecule has 0 saturated heterocycles. The van der Waals surface area contributed by atoms with Crippen molar-refractivity contribution in [3.8, 4) is 0 Å². The number of carbonyl (C=O) groups excluding carboxylic acids is 2. The number of aryl methyl sites for hydroxylation is 1. The van der Waals surface area contributed by atoms with Gasteiger partial charge in [0.05, 0.1) is 6.54 Å². The average Bonchev–Trinajstić information content (AvgIpc) is 3.32. The van der Waals surface area contributed by atoms with Crippen molar-refractivity contribution in [1.82, 2.24) is 30.4 Å². The number of hydrogen-bond acceptors (Lipinski definition) is 5. The molecule has 1 atom stereocenters. The monoisotopic (exact) mass is 360 g/mol. The normalized spacial score (nSPS) is 14.7. The van der Waals surface area contributed by atoms with Crippen LogP contribution in [0.15, 0.2) is 24.3 Å². The number of aromatic nitrogens is 4. The molecule has 138 valence electrons. The molecule has 8 nitrogen and oxygen atoms in total. The van der Waals surface area contributed by atoms with Crippen LogP contribution in [0.3, 0.4) is 0 Å². The summed E-state index contributed by atoms with van der Waals surface area (Å²) >= 11 is 0. The molecule has 0 bridgehead atoms. The molecule has 1 heterocycles. The third kappa shape index (κ3) is 4.41. The lowest BCUT2D eigenvalue weighted by Gasteiger charge is -2.24. The number of rotatable bonds is 7. The van der Waals surface area contributed by atoms with Gasteiger partial charge in [0.2, 0.25) is 11.8 Å². The van der Waals surface area contributed by atoms with Gasteiger partial charge in [-0.25, -0.2) is 9.07 Å². The van der Waals surface area contributed by atoms with Gasteiger partial charge in [0.15, 0.2) is 0 Å². The Labute approximate surface area is 150 Å². The third-order valence-electron chi connectivity index (χ3n) is 4.28. The van der Waals surface area contributed by atoms with Gasteiger partial charge in [-0.05, 0) is 47.9 Å². The van der Waals surface area contributed by atoms with Crippen molar-refractivity contribution < 1.29 is 14.0 Å². The summed E-state index contributed by atoms with van der Waals surface area (Å²) < 4.78 is 14.6. The molecule has 0 spiro atoms. The van der Waals surface area contributed by atoms with Crippen molar-refractivity contribution in [1.29, 1.82) is 0 Å². The Kier molecular flexibility index (Phi) is 5.24. The Morgan fingerprint density at radius 1 is 1.35 bits per heavy atom. The van der Waals surface area contributed by atoms with Gasteiger partial charge in [0.25, 0.3) is 0 Å². The molecule has 1 aliphatic carbocycles. The zero-order valence-corrected chi connectivity index (χ0v) is 14.7. The van der Waals surface area contributed by atoms with Gasteiger partial charge in [-0.15, -0.1) is 5.10 Å². The van der Waals surface area contributed by atoms with E-state index in [2.05, 4.69) is 20.8 Å². The van der Waals surface area contributed by atoms with Gasteiger partial charge < -0.3 is 10.2 Å². The summed E-state index contributed by atoms with van der Waals surface area (Å²) in [6.07, 6.45) is 2.26. The highest BCUT2D eigenvalue weighted by molar-refractivity contribution is 5.86. The fourth-order valence-electron chi connectivity index (χ4n) is 2.70. The first-order valence-electron chi connectivity index (χ1n) is 8.47. The molecule has 1 saturated carbocycles. The average molecular weight is 360 g/mol. The second-order valence-electron chi connectivity index (χ2n) is 6.55. The first-order valence-corrected chi connectivity index (χ1v) is 8.47. The molecule has 2 amide bonds. The first kappa shape index (κ1) is 18.0. The highest BCUT2D eigenvalue weighted by Gasteiger charge is 2.29.